The second-order valence-corrected chi connectivity index (χ2v) is 9.67. The summed E-state index contributed by atoms with van der Waals surface area (Å²) >= 11 is 0. The first-order chi connectivity index (χ1) is 13.2. The average Bonchev–Trinajstić information content (AvgIpc) is 2.99. The minimum absolute atomic E-state index is 0.0699. The van der Waals surface area contributed by atoms with Gasteiger partial charge < -0.3 is 10.2 Å². The maximum Gasteiger partial charge on any atom is 0.0929 e. The molecule has 28 heavy (non-hydrogen) atoms. The largest absolute Gasteiger partial charge is 0.393 e. The summed E-state index contributed by atoms with van der Waals surface area (Å²) in [7, 11) is 0. The van der Waals surface area contributed by atoms with Crippen LogP contribution in [-0.4, -0.2) is 22.4 Å². The molecule has 0 bridgehead atoms. The van der Waals surface area contributed by atoms with Gasteiger partial charge in [0, 0.05) is 6.42 Å². The predicted octanol–water partition coefficient (Wildman–Crippen LogP) is 6.03. The molecule has 3 rings (SSSR count). The van der Waals surface area contributed by atoms with Crippen molar-refractivity contribution in [2.45, 2.75) is 84.3 Å². The second-order valence-electron chi connectivity index (χ2n) is 9.67. The number of allylic oxidation sites excluding steroid dienone is 5. The van der Waals surface area contributed by atoms with Gasteiger partial charge in [-0.25, -0.2) is 4.39 Å². The van der Waals surface area contributed by atoms with E-state index in [2.05, 4.69) is 32.6 Å². The predicted molar refractivity (Wildman–Crippen MR) is 113 cm³/mol. The molecule has 3 aliphatic carbocycles. The highest BCUT2D eigenvalue weighted by atomic mass is 19.1. The highest BCUT2D eigenvalue weighted by Gasteiger charge is 2.50. The fourth-order valence-electron chi connectivity index (χ4n) is 6.19. The van der Waals surface area contributed by atoms with Gasteiger partial charge in [0.15, 0.2) is 0 Å². The van der Waals surface area contributed by atoms with E-state index >= 15 is 0 Å². The topological polar surface area (TPSA) is 40.5 Å². The summed E-state index contributed by atoms with van der Waals surface area (Å²) in [5.41, 5.74) is 3.54. The van der Waals surface area contributed by atoms with Crippen molar-refractivity contribution < 1.29 is 14.6 Å². The lowest BCUT2D eigenvalue weighted by Crippen LogP contribution is -2.35. The molecular weight excluding hydrogens is 351 g/mol. The van der Waals surface area contributed by atoms with E-state index in [0.717, 1.165) is 24.0 Å². The Morgan fingerprint density at radius 2 is 2.07 bits per heavy atom. The van der Waals surface area contributed by atoms with Gasteiger partial charge in [-0.2, -0.15) is 0 Å². The number of fused-ring (bicyclic) bond motifs is 1. The molecule has 2 nitrogen and oxygen atoms in total. The summed E-state index contributed by atoms with van der Waals surface area (Å²) in [4.78, 5) is 0. The molecule has 3 aliphatic rings. The van der Waals surface area contributed by atoms with Crippen molar-refractivity contribution in [1.29, 1.82) is 0 Å². The van der Waals surface area contributed by atoms with E-state index in [1.807, 2.05) is 0 Å². The summed E-state index contributed by atoms with van der Waals surface area (Å²) in [5.74, 6) is 1.66. The molecule has 0 amide bonds. The fraction of sp³-hybridized carbons (Fsp3) is 0.680. The Morgan fingerprint density at radius 3 is 2.79 bits per heavy atom. The van der Waals surface area contributed by atoms with Gasteiger partial charge in [0.1, 0.15) is 0 Å². The van der Waals surface area contributed by atoms with Gasteiger partial charge in [-0.05, 0) is 86.2 Å². The molecular formula is C25H37FO2. The van der Waals surface area contributed by atoms with Gasteiger partial charge in [0.25, 0.3) is 0 Å². The molecule has 0 radical (unpaired) electrons. The first kappa shape index (κ1) is 21.5. The zero-order chi connectivity index (χ0) is 20.5. The van der Waals surface area contributed by atoms with Crippen molar-refractivity contribution in [2.75, 3.05) is 0 Å². The summed E-state index contributed by atoms with van der Waals surface area (Å²) < 4.78 is 13.2. The van der Waals surface area contributed by atoms with Crippen LogP contribution in [0.3, 0.4) is 0 Å². The Morgan fingerprint density at radius 1 is 1.32 bits per heavy atom. The standard InChI is InChI=1S/C25H37FO2/c1-16(7-8-17(2)26)22-11-12-23-19(6-5-13-25(22,23)4)9-10-20-14-21(27)15-24(28)18(20)3/h8-10,16,21-24,27-28H,3,5-7,11-15H2,1-2,4H3/b17-8-,19-9+,20-10-/t16-,21-,22-,23+,24+,25-/m1/s1. The van der Waals surface area contributed by atoms with Crippen LogP contribution in [0.1, 0.15) is 72.1 Å². The third-order valence-electron chi connectivity index (χ3n) is 7.76. The van der Waals surface area contributed by atoms with Crippen LogP contribution < -0.4 is 0 Å². The smallest absolute Gasteiger partial charge is 0.0929 e. The highest BCUT2D eigenvalue weighted by molar-refractivity contribution is 5.38. The van der Waals surface area contributed by atoms with Crippen LogP contribution in [0.15, 0.2) is 47.4 Å². The Bertz CT molecular complexity index is 685. The fourth-order valence-corrected chi connectivity index (χ4v) is 6.19. The molecule has 0 spiro atoms. The Labute approximate surface area is 169 Å². The molecule has 3 saturated carbocycles. The van der Waals surface area contributed by atoms with Crippen molar-refractivity contribution >= 4 is 0 Å². The molecule has 0 aliphatic heterocycles. The number of rotatable bonds is 4. The maximum absolute atomic E-state index is 13.2. The summed E-state index contributed by atoms with van der Waals surface area (Å²) in [6, 6.07) is 0. The lowest BCUT2D eigenvalue weighted by atomic mass is 9.61. The molecule has 0 unspecified atom stereocenters. The molecule has 6 atom stereocenters. The van der Waals surface area contributed by atoms with E-state index in [1.165, 1.54) is 38.2 Å². The zero-order valence-electron chi connectivity index (χ0n) is 17.8. The zero-order valence-corrected chi connectivity index (χ0v) is 17.8. The number of hydrogen-bond donors (Lipinski definition) is 2. The minimum atomic E-state index is -0.631. The van der Waals surface area contributed by atoms with E-state index < -0.39 is 12.2 Å². The number of aliphatic hydroxyl groups is 2. The van der Waals surface area contributed by atoms with Crippen LogP contribution in [0.5, 0.6) is 0 Å². The molecule has 0 aromatic heterocycles. The van der Waals surface area contributed by atoms with Gasteiger partial charge >= 0.3 is 0 Å². The number of halogens is 1. The Balaban J connectivity index is 1.78. The lowest BCUT2D eigenvalue weighted by molar-refractivity contribution is 0.0862. The van der Waals surface area contributed by atoms with Crippen molar-refractivity contribution in [3.63, 3.8) is 0 Å². The van der Waals surface area contributed by atoms with Crippen molar-refractivity contribution in [3.8, 4) is 0 Å². The average molecular weight is 389 g/mol. The van der Waals surface area contributed by atoms with E-state index in [4.69, 9.17) is 0 Å². The van der Waals surface area contributed by atoms with Gasteiger partial charge in [-0.1, -0.05) is 44.2 Å². The lowest BCUT2D eigenvalue weighted by Gasteiger charge is -2.44. The van der Waals surface area contributed by atoms with Crippen LogP contribution in [0.4, 0.5) is 4.39 Å². The minimum Gasteiger partial charge on any atom is -0.393 e. The third kappa shape index (κ3) is 4.36. The maximum atomic E-state index is 13.2. The van der Waals surface area contributed by atoms with Gasteiger partial charge in [-0.3, -0.25) is 0 Å². The highest BCUT2D eigenvalue weighted by Crippen LogP contribution is 2.59. The monoisotopic (exact) mass is 388 g/mol. The molecule has 0 aromatic carbocycles. The summed E-state index contributed by atoms with van der Waals surface area (Å²) in [6.07, 6.45) is 12.8. The van der Waals surface area contributed by atoms with E-state index in [1.54, 1.807) is 6.08 Å². The van der Waals surface area contributed by atoms with Gasteiger partial charge in [-0.15, -0.1) is 0 Å². The normalized spacial score (nSPS) is 40.8. The molecule has 2 N–H and O–H groups in total. The van der Waals surface area contributed by atoms with Crippen LogP contribution in [-0.2, 0) is 0 Å². The Hall–Kier alpha value is -1.19. The quantitative estimate of drug-likeness (QED) is 0.617. The van der Waals surface area contributed by atoms with Gasteiger partial charge in [0.05, 0.1) is 18.0 Å². The van der Waals surface area contributed by atoms with E-state index in [0.29, 0.717) is 36.0 Å². The molecule has 0 heterocycles. The van der Waals surface area contributed by atoms with Crippen LogP contribution >= 0.6 is 0 Å². The summed E-state index contributed by atoms with van der Waals surface area (Å²) in [6.45, 7) is 10.3. The van der Waals surface area contributed by atoms with Crippen LogP contribution in [0, 0.1) is 23.2 Å². The first-order valence-corrected chi connectivity index (χ1v) is 11.0. The summed E-state index contributed by atoms with van der Waals surface area (Å²) in [5, 5.41) is 20.1. The van der Waals surface area contributed by atoms with E-state index in [-0.39, 0.29) is 5.83 Å². The number of aliphatic hydroxyl groups excluding tert-OH is 2. The Kier molecular flexibility index (Phi) is 6.66. The third-order valence-corrected chi connectivity index (χ3v) is 7.76. The first-order valence-electron chi connectivity index (χ1n) is 11.0. The second kappa shape index (κ2) is 8.67. The van der Waals surface area contributed by atoms with Gasteiger partial charge in [0.2, 0.25) is 0 Å². The number of hydrogen-bond acceptors (Lipinski definition) is 2. The van der Waals surface area contributed by atoms with Crippen LogP contribution in [0.2, 0.25) is 0 Å². The SMILES string of the molecule is C=C1/C(=C\C=C2/CCC[C@]3(C)[C@@H]([C@H](C)C/C=C(/C)F)CC[C@@H]23)C[C@@H](O)C[C@@H]1O. The molecule has 0 aromatic rings. The molecule has 156 valence electrons. The van der Waals surface area contributed by atoms with Crippen molar-refractivity contribution in [3.05, 3.63) is 47.4 Å². The van der Waals surface area contributed by atoms with E-state index in [9.17, 15) is 14.6 Å². The molecule has 0 saturated heterocycles. The van der Waals surface area contributed by atoms with Crippen molar-refractivity contribution in [1.82, 2.24) is 0 Å². The van der Waals surface area contributed by atoms with Crippen LogP contribution in [0.25, 0.3) is 0 Å². The molecule has 3 fully saturated rings. The molecule has 3 heteroatoms. The van der Waals surface area contributed by atoms with Crippen molar-refractivity contribution in [2.24, 2.45) is 23.2 Å².